The normalized spacial score (nSPS) is 34.3. The smallest absolute Gasteiger partial charge is 0.205 e. The van der Waals surface area contributed by atoms with E-state index in [1.165, 1.54) is 17.7 Å². The lowest BCUT2D eigenvalue weighted by Gasteiger charge is -2.35. The highest BCUT2D eigenvalue weighted by atomic mass is 127. The summed E-state index contributed by atoms with van der Waals surface area (Å²) < 4.78 is 20.2. The Morgan fingerprint density at radius 3 is 2.96 bits per heavy atom. The molecular weight excluding hydrogens is 463 g/mol. The molecule has 4 rings (SSSR count). The maximum Gasteiger partial charge on any atom is 0.205 e. The van der Waals surface area contributed by atoms with E-state index in [2.05, 4.69) is 56.2 Å². The van der Waals surface area contributed by atoms with Crippen molar-refractivity contribution in [3.05, 3.63) is 47.9 Å². The van der Waals surface area contributed by atoms with Crippen molar-refractivity contribution in [1.82, 2.24) is 8.23 Å². The summed E-state index contributed by atoms with van der Waals surface area (Å²) in [4.78, 5) is 0. The van der Waals surface area contributed by atoms with Gasteiger partial charge in [-0.05, 0) is 48.8 Å². The molecule has 0 amide bonds. The van der Waals surface area contributed by atoms with E-state index in [4.69, 9.17) is 14.2 Å². The highest BCUT2D eigenvalue weighted by Crippen LogP contribution is 2.41. The number of hydrogen-bond donors (Lipinski definition) is 0. The maximum absolute atomic E-state index is 6.36. The molecule has 4 unspecified atom stereocenters. The predicted octanol–water partition coefficient (Wildman–Crippen LogP) is 4.15. The third-order valence-electron chi connectivity index (χ3n) is 4.91. The van der Waals surface area contributed by atoms with Gasteiger partial charge in [0.05, 0.1) is 29.9 Å². The molecule has 0 bridgehead atoms. The standard InChI is InChI=1S/C19H25IN2O3S/c1-2-26-19-14-13-21(20)22(17-7-3-5-11-23-17)15(14)9-10-16(19)25-18-8-4-6-12-24-18/h3,5,7,9-11,16-19H,2,4,6,8,12-13H2,1H3. The first-order valence-electron chi connectivity index (χ1n) is 9.29. The van der Waals surface area contributed by atoms with Crippen LogP contribution in [0.1, 0.15) is 26.2 Å². The van der Waals surface area contributed by atoms with Crippen LogP contribution in [0.5, 0.6) is 0 Å². The van der Waals surface area contributed by atoms with Crippen LogP contribution in [-0.2, 0) is 14.2 Å². The Balaban J connectivity index is 1.54. The Hall–Kier alpha value is -0.480. The van der Waals surface area contributed by atoms with Crippen molar-refractivity contribution in [2.75, 3.05) is 18.9 Å². The Labute approximate surface area is 173 Å². The van der Waals surface area contributed by atoms with Crippen molar-refractivity contribution >= 4 is 34.6 Å². The van der Waals surface area contributed by atoms with E-state index in [-0.39, 0.29) is 18.6 Å². The van der Waals surface area contributed by atoms with Gasteiger partial charge in [-0.1, -0.05) is 19.1 Å². The SMILES string of the molecule is CCSC1C2=C(C=CC1OC1CCCCO1)N(C1C=CC=CO1)N(I)C2. The molecule has 3 aliphatic heterocycles. The molecule has 0 aromatic carbocycles. The van der Waals surface area contributed by atoms with Crippen molar-refractivity contribution in [2.45, 2.75) is 50.1 Å². The first kappa shape index (κ1) is 18.9. The van der Waals surface area contributed by atoms with Gasteiger partial charge in [-0.15, -0.1) is 0 Å². The summed E-state index contributed by atoms with van der Waals surface area (Å²) in [6, 6.07) is 0. The number of allylic oxidation sites excluding steroid dienone is 3. The van der Waals surface area contributed by atoms with Gasteiger partial charge >= 0.3 is 0 Å². The number of hydrazine groups is 1. The Morgan fingerprint density at radius 1 is 1.31 bits per heavy atom. The highest BCUT2D eigenvalue weighted by molar-refractivity contribution is 14.1. The first-order chi connectivity index (χ1) is 12.8. The Kier molecular flexibility index (Phi) is 6.30. The number of nitrogens with zero attached hydrogens (tertiary/aromatic N) is 2. The molecule has 0 radical (unpaired) electrons. The highest BCUT2D eigenvalue weighted by Gasteiger charge is 2.41. The minimum Gasteiger partial charge on any atom is -0.473 e. The molecule has 0 N–H and O–H groups in total. The van der Waals surface area contributed by atoms with Crippen LogP contribution < -0.4 is 0 Å². The fourth-order valence-corrected chi connectivity index (χ4v) is 5.67. The summed E-state index contributed by atoms with van der Waals surface area (Å²) >= 11 is 4.33. The topological polar surface area (TPSA) is 34.2 Å². The van der Waals surface area contributed by atoms with Gasteiger partial charge in [0.15, 0.2) is 6.29 Å². The molecule has 4 aliphatic rings. The van der Waals surface area contributed by atoms with Gasteiger partial charge in [-0.3, -0.25) is 5.01 Å². The number of hydrogen-bond acceptors (Lipinski definition) is 6. The molecule has 1 fully saturated rings. The monoisotopic (exact) mass is 488 g/mol. The van der Waals surface area contributed by atoms with Gasteiger partial charge in [0.2, 0.25) is 6.23 Å². The number of ether oxygens (including phenoxy) is 3. The molecule has 0 saturated carbocycles. The van der Waals surface area contributed by atoms with Gasteiger partial charge in [0.1, 0.15) is 0 Å². The lowest BCUT2D eigenvalue weighted by Crippen LogP contribution is -2.39. The second-order valence-electron chi connectivity index (χ2n) is 6.62. The van der Waals surface area contributed by atoms with E-state index >= 15 is 0 Å². The fourth-order valence-electron chi connectivity index (χ4n) is 3.73. The fraction of sp³-hybridized carbons (Fsp3) is 0.579. The van der Waals surface area contributed by atoms with Crippen molar-refractivity contribution in [2.24, 2.45) is 0 Å². The molecular formula is C19H25IN2O3S. The van der Waals surface area contributed by atoms with E-state index < -0.39 is 0 Å². The maximum atomic E-state index is 6.36. The van der Waals surface area contributed by atoms with Gasteiger partial charge in [0, 0.05) is 29.5 Å². The zero-order valence-electron chi connectivity index (χ0n) is 14.9. The Morgan fingerprint density at radius 2 is 2.23 bits per heavy atom. The van der Waals surface area contributed by atoms with E-state index in [0.29, 0.717) is 5.25 Å². The zero-order chi connectivity index (χ0) is 17.9. The van der Waals surface area contributed by atoms with Crippen molar-refractivity contribution in [3.8, 4) is 0 Å². The van der Waals surface area contributed by atoms with Crippen LogP contribution >= 0.6 is 34.6 Å². The van der Waals surface area contributed by atoms with Crippen molar-refractivity contribution in [3.63, 3.8) is 0 Å². The molecule has 26 heavy (non-hydrogen) atoms. The second-order valence-corrected chi connectivity index (χ2v) is 9.15. The van der Waals surface area contributed by atoms with Crippen LogP contribution in [0, 0.1) is 0 Å². The quantitative estimate of drug-likeness (QED) is 0.428. The summed E-state index contributed by atoms with van der Waals surface area (Å²) in [7, 11) is 0. The summed E-state index contributed by atoms with van der Waals surface area (Å²) in [5.41, 5.74) is 2.65. The first-order valence-corrected chi connectivity index (χ1v) is 11.3. The number of thioether (sulfide) groups is 1. The third kappa shape index (κ3) is 3.87. The molecule has 7 heteroatoms. The van der Waals surface area contributed by atoms with E-state index in [9.17, 15) is 0 Å². The summed E-state index contributed by atoms with van der Waals surface area (Å²) in [6.45, 7) is 3.92. The minimum absolute atomic E-state index is 0.0641. The molecule has 5 nitrogen and oxygen atoms in total. The number of halogens is 1. The lowest BCUT2D eigenvalue weighted by molar-refractivity contribution is -0.177. The van der Waals surface area contributed by atoms with Gasteiger partial charge in [-0.25, -0.2) is 0 Å². The molecule has 1 aliphatic carbocycles. The van der Waals surface area contributed by atoms with E-state index in [1.807, 2.05) is 23.9 Å². The van der Waals surface area contributed by atoms with Crippen LogP contribution in [-0.4, -0.2) is 51.0 Å². The lowest BCUT2D eigenvalue weighted by atomic mass is 9.99. The van der Waals surface area contributed by atoms with Crippen LogP contribution in [0.25, 0.3) is 0 Å². The van der Waals surface area contributed by atoms with Gasteiger partial charge < -0.3 is 14.2 Å². The average molecular weight is 488 g/mol. The predicted molar refractivity (Wildman–Crippen MR) is 112 cm³/mol. The van der Waals surface area contributed by atoms with Gasteiger partial charge in [0.25, 0.3) is 0 Å². The van der Waals surface area contributed by atoms with Crippen molar-refractivity contribution < 1.29 is 14.2 Å². The minimum atomic E-state index is -0.0968. The molecule has 0 aromatic heterocycles. The number of rotatable bonds is 5. The average Bonchev–Trinajstić information content (AvgIpc) is 3.01. The summed E-state index contributed by atoms with van der Waals surface area (Å²) in [6.07, 6.45) is 15.4. The molecule has 4 atom stereocenters. The van der Waals surface area contributed by atoms with Crippen molar-refractivity contribution in [1.29, 1.82) is 0 Å². The third-order valence-corrected chi connectivity index (χ3v) is 6.96. The molecule has 142 valence electrons. The zero-order valence-corrected chi connectivity index (χ0v) is 17.9. The molecule has 0 spiro atoms. The van der Waals surface area contributed by atoms with Crippen LogP contribution in [0.15, 0.2) is 47.9 Å². The van der Waals surface area contributed by atoms with Crippen LogP contribution in [0.3, 0.4) is 0 Å². The molecule has 0 aromatic rings. The molecule has 3 heterocycles. The Bertz CT molecular complexity index is 630. The summed E-state index contributed by atoms with van der Waals surface area (Å²) in [5.74, 6) is 1.06. The van der Waals surface area contributed by atoms with Crippen LogP contribution in [0.2, 0.25) is 0 Å². The molecule has 1 saturated heterocycles. The largest absolute Gasteiger partial charge is 0.473 e. The second kappa shape index (κ2) is 8.68. The van der Waals surface area contributed by atoms with E-state index in [1.54, 1.807) is 6.26 Å². The van der Waals surface area contributed by atoms with Gasteiger partial charge in [-0.2, -0.15) is 15.0 Å². The van der Waals surface area contributed by atoms with E-state index in [0.717, 1.165) is 31.7 Å². The summed E-state index contributed by atoms with van der Waals surface area (Å²) in [5, 5.41) is 2.54. The van der Waals surface area contributed by atoms with Crippen LogP contribution in [0.4, 0.5) is 0 Å².